The summed E-state index contributed by atoms with van der Waals surface area (Å²) >= 11 is 0. The maximum Gasteiger partial charge on any atom is 0.433 e. The summed E-state index contributed by atoms with van der Waals surface area (Å²) in [6.07, 6.45) is -4.51. The smallest absolute Gasteiger partial charge is 0.353 e. The number of hydrogen-bond donors (Lipinski definition) is 0. The highest BCUT2D eigenvalue weighted by molar-refractivity contribution is 5.45. The molecule has 1 aliphatic heterocycles. The van der Waals surface area contributed by atoms with E-state index < -0.39 is 11.9 Å². The molecule has 3 aromatic rings. The fraction of sp³-hybridized carbons (Fsp3) is 0.333. The third-order valence-corrected chi connectivity index (χ3v) is 5.07. The molecule has 0 radical (unpaired) electrons. The molecule has 0 atom stereocenters. The topological polar surface area (TPSA) is 67.2 Å². The van der Waals surface area contributed by atoms with Gasteiger partial charge in [0.15, 0.2) is 0 Å². The van der Waals surface area contributed by atoms with E-state index in [4.69, 9.17) is 0 Å². The molecule has 0 unspecified atom stereocenters. The molecule has 3 heterocycles. The van der Waals surface area contributed by atoms with E-state index in [0.717, 1.165) is 11.6 Å². The second-order valence-corrected chi connectivity index (χ2v) is 7.30. The van der Waals surface area contributed by atoms with Crippen molar-refractivity contribution in [2.45, 2.75) is 19.6 Å². The van der Waals surface area contributed by atoms with E-state index in [1.807, 2.05) is 35.2 Å². The number of piperazine rings is 1. The summed E-state index contributed by atoms with van der Waals surface area (Å²) in [5, 5.41) is 4.49. The van der Waals surface area contributed by atoms with Gasteiger partial charge in [-0.1, -0.05) is 30.3 Å². The van der Waals surface area contributed by atoms with Crippen molar-refractivity contribution in [2.24, 2.45) is 0 Å². The van der Waals surface area contributed by atoms with Crippen molar-refractivity contribution < 1.29 is 13.2 Å². The van der Waals surface area contributed by atoms with Gasteiger partial charge in [-0.15, -0.1) is 0 Å². The summed E-state index contributed by atoms with van der Waals surface area (Å²) in [7, 11) is 0. The van der Waals surface area contributed by atoms with Crippen molar-refractivity contribution in [3.05, 3.63) is 76.0 Å². The molecule has 10 heteroatoms. The lowest BCUT2D eigenvalue weighted by Crippen LogP contribution is -2.47. The number of nitrogens with zero attached hydrogens (tertiary/aromatic N) is 6. The molecule has 0 aliphatic carbocycles. The third kappa shape index (κ3) is 4.84. The quantitative estimate of drug-likeness (QED) is 0.634. The summed E-state index contributed by atoms with van der Waals surface area (Å²) in [6.45, 7) is 3.87. The molecule has 2 aromatic heterocycles. The van der Waals surface area contributed by atoms with Crippen LogP contribution in [0.15, 0.2) is 53.3 Å². The van der Waals surface area contributed by atoms with Crippen molar-refractivity contribution >= 4 is 11.6 Å². The van der Waals surface area contributed by atoms with Gasteiger partial charge in [-0.2, -0.15) is 18.3 Å². The number of alkyl halides is 3. The van der Waals surface area contributed by atoms with Crippen molar-refractivity contribution in [1.82, 2.24) is 19.7 Å². The summed E-state index contributed by atoms with van der Waals surface area (Å²) < 4.78 is 40.6. The molecule has 0 saturated carbocycles. The Hall–Kier alpha value is -3.43. The Morgan fingerprint density at radius 1 is 0.903 bits per heavy atom. The Morgan fingerprint density at radius 3 is 2.19 bits per heavy atom. The summed E-state index contributed by atoms with van der Waals surface area (Å²) in [5.74, 6) is 1.01. The highest BCUT2D eigenvalue weighted by atomic mass is 19.4. The zero-order chi connectivity index (χ0) is 22.0. The lowest BCUT2D eigenvalue weighted by molar-refractivity contribution is -0.141. The highest BCUT2D eigenvalue weighted by Gasteiger charge is 2.34. The van der Waals surface area contributed by atoms with Crippen molar-refractivity contribution in [3.63, 3.8) is 0 Å². The molecule has 7 nitrogen and oxygen atoms in total. The maximum atomic E-state index is 13.1. The van der Waals surface area contributed by atoms with Crippen LogP contribution in [0.4, 0.5) is 24.8 Å². The van der Waals surface area contributed by atoms with Gasteiger partial charge in [0.05, 0.1) is 6.54 Å². The van der Waals surface area contributed by atoms with Gasteiger partial charge in [0.1, 0.15) is 23.2 Å². The minimum absolute atomic E-state index is 0.0851. The molecule has 1 saturated heterocycles. The van der Waals surface area contributed by atoms with Crippen LogP contribution in [-0.2, 0) is 12.7 Å². The summed E-state index contributed by atoms with van der Waals surface area (Å²) in [4.78, 5) is 23.7. The number of benzene rings is 1. The number of rotatable bonds is 4. The molecule has 4 rings (SSSR count). The van der Waals surface area contributed by atoms with Crippen LogP contribution in [0.1, 0.15) is 17.1 Å². The number of halogens is 3. The Labute approximate surface area is 176 Å². The molecule has 1 aliphatic rings. The zero-order valence-electron chi connectivity index (χ0n) is 16.9. The van der Waals surface area contributed by atoms with Crippen molar-refractivity contribution in [3.8, 4) is 0 Å². The third-order valence-electron chi connectivity index (χ3n) is 5.07. The summed E-state index contributed by atoms with van der Waals surface area (Å²) in [5.41, 5.74) is -0.159. The van der Waals surface area contributed by atoms with Gasteiger partial charge >= 0.3 is 6.18 Å². The fourth-order valence-corrected chi connectivity index (χ4v) is 3.50. The minimum Gasteiger partial charge on any atom is -0.353 e. The Bertz CT molecular complexity index is 1110. The maximum absolute atomic E-state index is 13.1. The molecular formula is C21H21F3N6O. The number of aromatic nitrogens is 4. The second-order valence-electron chi connectivity index (χ2n) is 7.30. The molecule has 1 fully saturated rings. The minimum atomic E-state index is -4.51. The van der Waals surface area contributed by atoms with Gasteiger partial charge in [0, 0.05) is 38.3 Å². The Morgan fingerprint density at radius 2 is 1.55 bits per heavy atom. The molecule has 162 valence electrons. The predicted molar refractivity (Wildman–Crippen MR) is 110 cm³/mol. The van der Waals surface area contributed by atoms with E-state index in [-0.39, 0.29) is 17.2 Å². The summed E-state index contributed by atoms with van der Waals surface area (Å²) in [6, 6.07) is 13.7. The van der Waals surface area contributed by atoms with Crippen LogP contribution < -0.4 is 15.4 Å². The second kappa shape index (κ2) is 8.37. The van der Waals surface area contributed by atoms with Crippen LogP contribution in [0, 0.1) is 6.92 Å². The predicted octanol–water partition coefficient (Wildman–Crippen LogP) is 2.74. The van der Waals surface area contributed by atoms with Crippen LogP contribution in [0.3, 0.4) is 0 Å². The van der Waals surface area contributed by atoms with Gasteiger partial charge in [-0.25, -0.2) is 14.6 Å². The lowest BCUT2D eigenvalue weighted by atomic mass is 10.2. The van der Waals surface area contributed by atoms with E-state index in [1.165, 1.54) is 17.7 Å². The van der Waals surface area contributed by atoms with E-state index in [1.54, 1.807) is 11.0 Å². The van der Waals surface area contributed by atoms with Crippen LogP contribution in [0.2, 0.25) is 0 Å². The van der Waals surface area contributed by atoms with Crippen LogP contribution >= 0.6 is 0 Å². The van der Waals surface area contributed by atoms with E-state index in [0.29, 0.717) is 38.5 Å². The number of anilines is 2. The SMILES string of the molecule is Cc1nc(N2CCN(c3ccc(=O)n(Cc4ccccc4)n3)CC2)cc(C(F)(F)F)n1. The first-order valence-electron chi connectivity index (χ1n) is 9.84. The molecule has 0 bridgehead atoms. The highest BCUT2D eigenvalue weighted by Crippen LogP contribution is 2.30. The van der Waals surface area contributed by atoms with Gasteiger partial charge < -0.3 is 9.80 Å². The van der Waals surface area contributed by atoms with Gasteiger partial charge in [0.25, 0.3) is 5.56 Å². The van der Waals surface area contributed by atoms with Crippen molar-refractivity contribution in [1.29, 1.82) is 0 Å². The monoisotopic (exact) mass is 430 g/mol. The Kier molecular flexibility index (Phi) is 5.62. The molecule has 1 aromatic carbocycles. The van der Waals surface area contributed by atoms with E-state index in [9.17, 15) is 18.0 Å². The average Bonchev–Trinajstić information content (AvgIpc) is 2.75. The number of hydrogen-bond acceptors (Lipinski definition) is 6. The molecular weight excluding hydrogens is 409 g/mol. The largest absolute Gasteiger partial charge is 0.433 e. The first kappa shape index (κ1) is 20.8. The average molecular weight is 430 g/mol. The molecule has 0 N–H and O–H groups in total. The van der Waals surface area contributed by atoms with E-state index in [2.05, 4.69) is 15.1 Å². The first-order chi connectivity index (χ1) is 14.8. The molecule has 0 spiro atoms. The zero-order valence-corrected chi connectivity index (χ0v) is 16.9. The number of aryl methyl sites for hydroxylation is 1. The normalized spacial score (nSPS) is 14.7. The van der Waals surface area contributed by atoms with Gasteiger partial charge in [0.2, 0.25) is 0 Å². The first-order valence-corrected chi connectivity index (χ1v) is 9.84. The standard InChI is InChI=1S/C21H21F3N6O/c1-15-25-17(21(22,23)24)13-19(26-15)29-11-9-28(10-12-29)18-7-8-20(31)30(27-18)14-16-5-3-2-4-6-16/h2-8,13H,9-12,14H2,1H3. The van der Waals surface area contributed by atoms with Crippen LogP contribution in [-0.4, -0.2) is 45.9 Å². The fourth-order valence-electron chi connectivity index (χ4n) is 3.50. The van der Waals surface area contributed by atoms with E-state index >= 15 is 0 Å². The van der Waals surface area contributed by atoms with Gasteiger partial charge in [-0.3, -0.25) is 4.79 Å². The van der Waals surface area contributed by atoms with Gasteiger partial charge in [-0.05, 0) is 18.6 Å². The lowest BCUT2D eigenvalue weighted by Gasteiger charge is -2.36. The Balaban J connectivity index is 1.48. The molecule has 31 heavy (non-hydrogen) atoms. The van der Waals surface area contributed by atoms with Crippen molar-refractivity contribution in [2.75, 3.05) is 36.0 Å². The molecule has 0 amide bonds. The van der Waals surface area contributed by atoms with Crippen LogP contribution in [0.5, 0.6) is 0 Å². The van der Waals surface area contributed by atoms with Crippen LogP contribution in [0.25, 0.3) is 0 Å².